The van der Waals surface area contributed by atoms with Gasteiger partial charge in [0.2, 0.25) is 5.91 Å². The molecule has 4 rings (SSSR count). The van der Waals surface area contributed by atoms with Gasteiger partial charge >= 0.3 is 0 Å². The van der Waals surface area contributed by atoms with Gasteiger partial charge in [-0.05, 0) is 54.6 Å². The van der Waals surface area contributed by atoms with Crippen molar-refractivity contribution in [3.05, 3.63) is 90.0 Å². The summed E-state index contributed by atoms with van der Waals surface area (Å²) in [4.78, 5) is 29.4. The van der Waals surface area contributed by atoms with Crippen LogP contribution in [0.15, 0.2) is 79.4 Å². The molecule has 0 unspecified atom stereocenters. The lowest BCUT2D eigenvalue weighted by Gasteiger charge is -2.14. The van der Waals surface area contributed by atoms with E-state index in [1.807, 2.05) is 0 Å². The van der Waals surface area contributed by atoms with Crippen molar-refractivity contribution in [3.8, 4) is 11.4 Å². The molecule has 0 aliphatic heterocycles. The first kappa shape index (κ1) is 22.8. The minimum atomic E-state index is -0.325. The van der Waals surface area contributed by atoms with Gasteiger partial charge in [0, 0.05) is 16.4 Å². The minimum absolute atomic E-state index is 0.0733. The van der Waals surface area contributed by atoms with Crippen molar-refractivity contribution in [2.24, 2.45) is 0 Å². The van der Waals surface area contributed by atoms with E-state index in [-0.39, 0.29) is 18.4 Å². The maximum Gasteiger partial charge on any atom is 0.257 e. The first-order chi connectivity index (χ1) is 16.5. The number of hydrogen-bond acceptors (Lipinski definition) is 6. The first-order valence-corrected chi connectivity index (χ1v) is 10.6. The van der Waals surface area contributed by atoms with E-state index in [2.05, 4.69) is 26.0 Å². The van der Waals surface area contributed by atoms with Crippen LogP contribution in [0.2, 0.25) is 5.02 Å². The molecule has 4 aromatic rings. The van der Waals surface area contributed by atoms with Gasteiger partial charge in [0.1, 0.15) is 18.4 Å². The van der Waals surface area contributed by atoms with Crippen LogP contribution in [0.5, 0.6) is 5.75 Å². The van der Waals surface area contributed by atoms with Gasteiger partial charge in [-0.2, -0.15) is 5.10 Å². The van der Waals surface area contributed by atoms with Crippen LogP contribution in [0.1, 0.15) is 10.4 Å². The topological polar surface area (TPSA) is 110 Å². The van der Waals surface area contributed by atoms with Crippen molar-refractivity contribution in [3.63, 3.8) is 0 Å². The molecule has 0 aliphatic carbocycles. The van der Waals surface area contributed by atoms with Crippen LogP contribution >= 0.6 is 11.6 Å². The maximum absolute atomic E-state index is 12.8. The SMILES string of the molecule is COc1ccc(NC(=O)c2ccccc2NCC(=O)Nc2cc(Cl)ccc2-n2cncn2)cc1. The molecule has 0 fully saturated rings. The molecule has 2 amide bonds. The quantitative estimate of drug-likeness (QED) is 0.351. The number of halogens is 1. The number of anilines is 3. The summed E-state index contributed by atoms with van der Waals surface area (Å²) in [6.07, 6.45) is 2.92. The van der Waals surface area contributed by atoms with E-state index >= 15 is 0 Å². The van der Waals surface area contributed by atoms with Gasteiger partial charge in [-0.25, -0.2) is 9.67 Å². The van der Waals surface area contributed by atoms with Crippen molar-refractivity contribution in [2.45, 2.75) is 0 Å². The van der Waals surface area contributed by atoms with Crippen LogP contribution in [0.25, 0.3) is 5.69 Å². The van der Waals surface area contributed by atoms with Gasteiger partial charge < -0.3 is 20.7 Å². The van der Waals surface area contributed by atoms with Crippen molar-refractivity contribution in [1.82, 2.24) is 14.8 Å². The van der Waals surface area contributed by atoms with E-state index in [0.29, 0.717) is 39.1 Å². The average molecular weight is 477 g/mol. The number of aromatic nitrogens is 3. The summed E-state index contributed by atoms with van der Waals surface area (Å²) in [5.74, 6) is 0.0590. The highest BCUT2D eigenvalue weighted by Crippen LogP contribution is 2.24. The largest absolute Gasteiger partial charge is 0.497 e. The van der Waals surface area contributed by atoms with Gasteiger partial charge in [-0.15, -0.1) is 0 Å². The number of hydrogen-bond donors (Lipinski definition) is 3. The van der Waals surface area contributed by atoms with Gasteiger partial charge in [-0.3, -0.25) is 9.59 Å². The number of rotatable bonds is 8. The average Bonchev–Trinajstić information content (AvgIpc) is 3.38. The molecule has 3 aromatic carbocycles. The molecule has 172 valence electrons. The number of benzene rings is 3. The second kappa shape index (κ2) is 10.5. The molecule has 34 heavy (non-hydrogen) atoms. The van der Waals surface area contributed by atoms with Crippen LogP contribution in [0, 0.1) is 0 Å². The number of amides is 2. The summed E-state index contributed by atoms with van der Waals surface area (Å²) in [5.41, 5.74) is 2.65. The third-order valence-corrected chi connectivity index (χ3v) is 5.09. The molecule has 10 heteroatoms. The Balaban J connectivity index is 1.43. The monoisotopic (exact) mass is 476 g/mol. The standard InChI is InChI=1S/C24H21ClN6O3/c1-34-18-9-7-17(8-10-18)29-24(33)19-4-2-3-5-20(19)27-13-23(32)30-21-12-16(25)6-11-22(21)31-15-26-14-28-31/h2-12,14-15,27H,13H2,1H3,(H,29,33)(H,30,32). The zero-order valence-corrected chi connectivity index (χ0v) is 18.9. The number of methoxy groups -OCH3 is 1. The van der Waals surface area contributed by atoms with Crippen LogP contribution in [0.4, 0.5) is 17.1 Å². The lowest BCUT2D eigenvalue weighted by molar-refractivity contribution is -0.114. The lowest BCUT2D eigenvalue weighted by Crippen LogP contribution is -2.24. The Bertz CT molecular complexity index is 1290. The zero-order chi connectivity index (χ0) is 23.9. The molecule has 0 atom stereocenters. The zero-order valence-electron chi connectivity index (χ0n) is 18.2. The fourth-order valence-corrected chi connectivity index (χ4v) is 3.39. The predicted octanol–water partition coefficient (Wildman–Crippen LogP) is 4.23. The van der Waals surface area contributed by atoms with Gasteiger partial charge in [-0.1, -0.05) is 23.7 Å². The Morgan fingerprint density at radius 2 is 1.79 bits per heavy atom. The highest BCUT2D eigenvalue weighted by atomic mass is 35.5. The van der Waals surface area contributed by atoms with E-state index in [0.717, 1.165) is 0 Å². The molecular weight excluding hydrogens is 456 g/mol. The Morgan fingerprint density at radius 1 is 1.00 bits per heavy atom. The van der Waals surface area contributed by atoms with Crippen LogP contribution in [-0.2, 0) is 4.79 Å². The van der Waals surface area contributed by atoms with Crippen molar-refractivity contribution < 1.29 is 14.3 Å². The third kappa shape index (κ3) is 5.51. The van der Waals surface area contributed by atoms with Gasteiger partial charge in [0.25, 0.3) is 5.91 Å². The number of carbonyl (C=O) groups is 2. The lowest BCUT2D eigenvalue weighted by atomic mass is 10.1. The summed E-state index contributed by atoms with van der Waals surface area (Å²) in [6.45, 7) is -0.0733. The molecular formula is C24H21ClN6O3. The smallest absolute Gasteiger partial charge is 0.257 e. The van der Waals surface area contributed by atoms with Gasteiger partial charge in [0.15, 0.2) is 0 Å². The number of ether oxygens (including phenoxy) is 1. The van der Waals surface area contributed by atoms with Crippen molar-refractivity contribution >= 4 is 40.5 Å². The number of para-hydroxylation sites is 1. The molecule has 1 heterocycles. The van der Waals surface area contributed by atoms with Crippen molar-refractivity contribution in [2.75, 3.05) is 29.6 Å². The molecule has 0 saturated carbocycles. The Morgan fingerprint density at radius 3 is 2.53 bits per heavy atom. The molecule has 0 spiro atoms. The van der Waals surface area contributed by atoms with E-state index in [9.17, 15) is 9.59 Å². The predicted molar refractivity (Wildman–Crippen MR) is 131 cm³/mol. The van der Waals surface area contributed by atoms with E-state index in [4.69, 9.17) is 16.3 Å². The molecule has 3 N–H and O–H groups in total. The Hall–Kier alpha value is -4.37. The van der Waals surface area contributed by atoms with Gasteiger partial charge in [0.05, 0.1) is 30.6 Å². The maximum atomic E-state index is 12.8. The van der Waals surface area contributed by atoms with Crippen molar-refractivity contribution in [1.29, 1.82) is 0 Å². The normalized spacial score (nSPS) is 10.4. The summed E-state index contributed by atoms with van der Waals surface area (Å²) in [7, 11) is 1.58. The number of nitrogens with zero attached hydrogens (tertiary/aromatic N) is 3. The summed E-state index contributed by atoms with van der Waals surface area (Å²) >= 11 is 6.11. The van der Waals surface area contributed by atoms with E-state index in [1.54, 1.807) is 73.8 Å². The number of carbonyl (C=O) groups excluding carboxylic acids is 2. The first-order valence-electron chi connectivity index (χ1n) is 10.3. The molecule has 0 radical (unpaired) electrons. The third-order valence-electron chi connectivity index (χ3n) is 4.86. The highest BCUT2D eigenvalue weighted by molar-refractivity contribution is 6.31. The second-order valence-corrected chi connectivity index (χ2v) is 7.57. The molecule has 1 aromatic heterocycles. The summed E-state index contributed by atoms with van der Waals surface area (Å²) in [6, 6.07) is 19.0. The Labute approximate surface area is 200 Å². The van der Waals surface area contributed by atoms with Crippen LogP contribution in [0.3, 0.4) is 0 Å². The molecule has 0 saturated heterocycles. The van der Waals surface area contributed by atoms with Crippen LogP contribution in [-0.4, -0.2) is 40.2 Å². The van der Waals surface area contributed by atoms with E-state index in [1.165, 1.54) is 17.3 Å². The van der Waals surface area contributed by atoms with Crippen LogP contribution < -0.4 is 20.7 Å². The second-order valence-electron chi connectivity index (χ2n) is 7.13. The summed E-state index contributed by atoms with van der Waals surface area (Å²) in [5, 5.41) is 13.3. The Kier molecular flexibility index (Phi) is 7.04. The fraction of sp³-hybridized carbons (Fsp3) is 0.0833. The molecule has 0 bridgehead atoms. The highest BCUT2D eigenvalue weighted by Gasteiger charge is 2.14. The van der Waals surface area contributed by atoms with E-state index < -0.39 is 0 Å². The summed E-state index contributed by atoms with van der Waals surface area (Å²) < 4.78 is 6.66. The number of nitrogens with one attached hydrogen (secondary N) is 3. The molecule has 0 aliphatic rings. The minimum Gasteiger partial charge on any atom is -0.497 e. The molecule has 9 nitrogen and oxygen atoms in total. The fourth-order valence-electron chi connectivity index (χ4n) is 3.22.